The van der Waals surface area contributed by atoms with Crippen molar-refractivity contribution in [1.82, 2.24) is 14.9 Å². The maximum atomic E-state index is 13.3. The van der Waals surface area contributed by atoms with Gasteiger partial charge < -0.3 is 15.0 Å². The second kappa shape index (κ2) is 11.1. The fourth-order valence-corrected chi connectivity index (χ4v) is 6.52. The number of hydrogen-bond acceptors (Lipinski definition) is 6. The van der Waals surface area contributed by atoms with Crippen molar-refractivity contribution in [3.05, 3.63) is 124 Å². The van der Waals surface area contributed by atoms with E-state index >= 15 is 0 Å². The van der Waals surface area contributed by atoms with Crippen LogP contribution in [0.2, 0.25) is 0 Å². The molecule has 192 valence electrons. The van der Waals surface area contributed by atoms with Gasteiger partial charge in [0.1, 0.15) is 4.90 Å². The number of thiazole rings is 1. The highest BCUT2D eigenvalue weighted by atomic mass is 32.2. The molecule has 0 aliphatic carbocycles. The third-order valence-electron chi connectivity index (χ3n) is 5.96. The van der Waals surface area contributed by atoms with Crippen molar-refractivity contribution in [3.8, 4) is 0 Å². The Morgan fingerprint density at radius 2 is 1.68 bits per heavy atom. The number of nitrogens with one attached hydrogen (secondary N) is 1. The molecule has 0 bridgehead atoms. The first-order chi connectivity index (χ1) is 18.4. The predicted molar refractivity (Wildman–Crippen MR) is 146 cm³/mol. The van der Waals surface area contributed by atoms with Crippen LogP contribution in [0.15, 0.2) is 107 Å². The van der Waals surface area contributed by atoms with Crippen LogP contribution in [0.25, 0.3) is 10.8 Å². The van der Waals surface area contributed by atoms with E-state index in [9.17, 15) is 18.3 Å². The number of hydrogen-bond donors (Lipinski definition) is 2. The summed E-state index contributed by atoms with van der Waals surface area (Å²) in [5.41, 5.74) is 1.78. The lowest BCUT2D eigenvalue weighted by atomic mass is 10.0. The van der Waals surface area contributed by atoms with Crippen LogP contribution in [0, 0.1) is 0 Å². The predicted octanol–water partition coefficient (Wildman–Crippen LogP) is 4.42. The number of aromatic nitrogens is 2. The minimum Gasteiger partial charge on any atom is -0.478 e. The van der Waals surface area contributed by atoms with Crippen molar-refractivity contribution in [1.29, 1.82) is 0 Å². The Morgan fingerprint density at radius 3 is 2.50 bits per heavy atom. The number of nitrogens with zero attached hydrogens (tertiary/aromatic N) is 3. The molecule has 0 unspecified atom stereocenters. The van der Waals surface area contributed by atoms with E-state index in [0.717, 1.165) is 26.8 Å². The number of carboxylic acid groups (broad SMARTS) is 1. The smallest absolute Gasteiger partial charge is 0.337 e. The van der Waals surface area contributed by atoms with E-state index < -0.39 is 16.0 Å². The molecule has 0 amide bonds. The molecule has 0 saturated carbocycles. The zero-order chi connectivity index (χ0) is 26.5. The van der Waals surface area contributed by atoms with Crippen LogP contribution in [-0.2, 0) is 29.7 Å². The van der Waals surface area contributed by atoms with E-state index in [1.807, 2.05) is 60.8 Å². The number of carboxylic acids is 1. The molecule has 5 rings (SSSR count). The largest absolute Gasteiger partial charge is 0.478 e. The Kier molecular flexibility index (Phi) is 7.45. The third kappa shape index (κ3) is 5.72. The van der Waals surface area contributed by atoms with Gasteiger partial charge in [-0.05, 0) is 46.2 Å². The topological polar surface area (TPSA) is 114 Å². The number of rotatable bonds is 9. The molecule has 0 aliphatic rings. The SMILES string of the molecule is O=C(O)c1ccccc1S(=O)(=O)N=c1sc(CNCc2ccncc2)cn1Cc1cccc2ccccc12. The third-order valence-corrected chi connectivity index (χ3v) is 8.42. The van der Waals surface area contributed by atoms with Crippen molar-refractivity contribution in [2.75, 3.05) is 0 Å². The minimum atomic E-state index is -4.29. The summed E-state index contributed by atoms with van der Waals surface area (Å²) in [6.07, 6.45) is 5.36. The van der Waals surface area contributed by atoms with Gasteiger partial charge in [-0.1, -0.05) is 65.9 Å². The van der Waals surface area contributed by atoms with Gasteiger partial charge in [-0.15, -0.1) is 4.40 Å². The number of aromatic carboxylic acids is 1. The van der Waals surface area contributed by atoms with Crippen molar-refractivity contribution >= 4 is 38.1 Å². The van der Waals surface area contributed by atoms with Gasteiger partial charge in [-0.3, -0.25) is 4.98 Å². The molecule has 0 spiro atoms. The van der Waals surface area contributed by atoms with Gasteiger partial charge in [-0.25, -0.2) is 4.79 Å². The molecule has 38 heavy (non-hydrogen) atoms. The molecule has 2 aromatic heterocycles. The quantitative estimate of drug-likeness (QED) is 0.284. The Labute approximate surface area is 223 Å². The summed E-state index contributed by atoms with van der Waals surface area (Å²) in [5.74, 6) is -1.32. The Bertz CT molecular complexity index is 1770. The summed E-state index contributed by atoms with van der Waals surface area (Å²) in [6, 6.07) is 23.4. The van der Waals surface area contributed by atoms with Gasteiger partial charge in [0.25, 0.3) is 10.0 Å². The van der Waals surface area contributed by atoms with E-state index in [-0.39, 0.29) is 15.3 Å². The fourth-order valence-electron chi connectivity index (χ4n) is 4.16. The summed E-state index contributed by atoms with van der Waals surface area (Å²) in [4.78, 5) is 16.5. The fraction of sp³-hybridized carbons (Fsp3) is 0.107. The van der Waals surface area contributed by atoms with Crippen LogP contribution in [0.5, 0.6) is 0 Å². The van der Waals surface area contributed by atoms with Crippen molar-refractivity contribution < 1.29 is 18.3 Å². The zero-order valence-corrected chi connectivity index (χ0v) is 21.8. The van der Waals surface area contributed by atoms with Crippen LogP contribution in [0.3, 0.4) is 0 Å². The number of pyridine rings is 1. The van der Waals surface area contributed by atoms with Gasteiger partial charge in [-0.2, -0.15) is 8.42 Å². The summed E-state index contributed by atoms with van der Waals surface area (Å²) >= 11 is 1.25. The second-order valence-electron chi connectivity index (χ2n) is 8.57. The average molecular weight is 545 g/mol. The van der Waals surface area contributed by atoms with Gasteiger partial charge in [0.05, 0.1) is 12.1 Å². The van der Waals surface area contributed by atoms with Gasteiger partial charge in [0.15, 0.2) is 0 Å². The molecular formula is C28H24N4O4S2. The van der Waals surface area contributed by atoms with E-state index in [2.05, 4.69) is 14.7 Å². The van der Waals surface area contributed by atoms with Gasteiger partial charge >= 0.3 is 5.97 Å². The highest BCUT2D eigenvalue weighted by Gasteiger charge is 2.22. The Hall–Kier alpha value is -4.12. The van der Waals surface area contributed by atoms with Crippen molar-refractivity contribution in [3.63, 3.8) is 0 Å². The number of sulfonamides is 1. The van der Waals surface area contributed by atoms with Crippen molar-refractivity contribution in [2.45, 2.75) is 24.5 Å². The minimum absolute atomic E-state index is 0.263. The summed E-state index contributed by atoms with van der Waals surface area (Å²) in [6.45, 7) is 1.53. The van der Waals surface area contributed by atoms with Crippen LogP contribution < -0.4 is 10.1 Å². The van der Waals surface area contributed by atoms with Gasteiger partial charge in [0, 0.05) is 36.6 Å². The second-order valence-corrected chi connectivity index (χ2v) is 11.2. The summed E-state index contributed by atoms with van der Waals surface area (Å²) in [7, 11) is -4.29. The molecule has 3 aromatic carbocycles. The molecule has 0 fully saturated rings. The lowest BCUT2D eigenvalue weighted by Crippen LogP contribution is -2.18. The molecule has 8 nitrogen and oxygen atoms in total. The highest BCUT2D eigenvalue weighted by Crippen LogP contribution is 2.21. The Balaban J connectivity index is 1.54. The molecule has 0 saturated heterocycles. The molecule has 5 aromatic rings. The monoisotopic (exact) mass is 544 g/mol. The zero-order valence-electron chi connectivity index (χ0n) is 20.2. The number of benzene rings is 3. The number of fused-ring (bicyclic) bond motifs is 1. The van der Waals surface area contributed by atoms with E-state index in [1.165, 1.54) is 35.6 Å². The lowest BCUT2D eigenvalue weighted by molar-refractivity contribution is 0.0692. The van der Waals surface area contributed by atoms with Crippen LogP contribution >= 0.6 is 11.3 Å². The maximum absolute atomic E-state index is 13.3. The van der Waals surface area contributed by atoms with E-state index in [0.29, 0.717) is 19.6 Å². The Morgan fingerprint density at radius 1 is 0.947 bits per heavy atom. The molecule has 10 heteroatoms. The van der Waals surface area contributed by atoms with E-state index in [1.54, 1.807) is 17.0 Å². The highest BCUT2D eigenvalue weighted by molar-refractivity contribution is 7.90. The molecular weight excluding hydrogens is 520 g/mol. The molecule has 0 atom stereocenters. The van der Waals surface area contributed by atoms with Crippen LogP contribution in [0.1, 0.15) is 26.4 Å². The van der Waals surface area contributed by atoms with Crippen LogP contribution in [-0.4, -0.2) is 29.0 Å². The molecule has 2 heterocycles. The standard InChI is InChI=1S/C28H24N4O4S2/c33-27(34)25-10-3-4-11-26(25)38(35,36)31-28-32(18-22-8-5-7-21-6-1-2-9-24(21)22)19-23(37-28)17-30-16-20-12-14-29-15-13-20/h1-15,19,30H,16-18H2,(H,33,34). The van der Waals surface area contributed by atoms with Crippen molar-refractivity contribution in [2.24, 2.45) is 4.40 Å². The first kappa shape index (κ1) is 25.5. The summed E-state index contributed by atoms with van der Waals surface area (Å²) < 4.78 is 32.5. The van der Waals surface area contributed by atoms with Gasteiger partial charge in [0.2, 0.25) is 4.80 Å². The van der Waals surface area contributed by atoms with E-state index in [4.69, 9.17) is 0 Å². The molecule has 0 radical (unpaired) electrons. The molecule has 2 N–H and O–H groups in total. The lowest BCUT2D eigenvalue weighted by Gasteiger charge is -2.08. The first-order valence-electron chi connectivity index (χ1n) is 11.8. The van der Waals surface area contributed by atoms with Crippen LogP contribution in [0.4, 0.5) is 0 Å². The average Bonchev–Trinajstić information content (AvgIpc) is 3.29. The summed E-state index contributed by atoms with van der Waals surface area (Å²) in [5, 5.41) is 15.0. The first-order valence-corrected chi connectivity index (χ1v) is 14.0. The normalized spacial score (nSPS) is 12.2. The number of carbonyl (C=O) groups is 1. The molecule has 0 aliphatic heterocycles. The maximum Gasteiger partial charge on any atom is 0.337 e.